The number of fused-ring (bicyclic) bond motifs is 1. The summed E-state index contributed by atoms with van der Waals surface area (Å²) in [6.45, 7) is 0.0880. The van der Waals surface area contributed by atoms with E-state index in [4.69, 9.17) is 0 Å². The Morgan fingerprint density at radius 3 is 2.48 bits per heavy atom. The zero-order valence-corrected chi connectivity index (χ0v) is 12.5. The molecule has 0 aliphatic carbocycles. The number of anilines is 1. The minimum atomic E-state index is -0.329. The third-order valence-electron chi connectivity index (χ3n) is 3.76. The van der Waals surface area contributed by atoms with E-state index in [1.807, 2.05) is 24.3 Å². The van der Waals surface area contributed by atoms with Gasteiger partial charge < -0.3 is 5.32 Å². The summed E-state index contributed by atoms with van der Waals surface area (Å²) in [4.78, 5) is 37.6. The third kappa shape index (κ3) is 3.29. The van der Waals surface area contributed by atoms with Crippen LogP contribution in [0.5, 0.6) is 0 Å². The lowest BCUT2D eigenvalue weighted by atomic mass is 9.98. The van der Waals surface area contributed by atoms with Crippen molar-refractivity contribution < 1.29 is 14.4 Å². The number of hydrogen-bond acceptors (Lipinski definition) is 3. The topological polar surface area (TPSA) is 66.5 Å². The predicted molar refractivity (Wildman–Crippen MR) is 85.9 cm³/mol. The lowest BCUT2D eigenvalue weighted by molar-refractivity contribution is -0.128. The Balaban J connectivity index is 1.63. The molecule has 1 aliphatic heterocycles. The van der Waals surface area contributed by atoms with Gasteiger partial charge >= 0.3 is 0 Å². The monoisotopic (exact) mass is 308 g/mol. The van der Waals surface area contributed by atoms with Gasteiger partial charge in [-0.25, -0.2) is 0 Å². The first-order valence-corrected chi connectivity index (χ1v) is 7.42. The molecule has 1 heterocycles. The average molecular weight is 308 g/mol. The van der Waals surface area contributed by atoms with E-state index in [-0.39, 0.29) is 37.1 Å². The highest BCUT2D eigenvalue weighted by atomic mass is 16.2. The highest BCUT2D eigenvalue weighted by Crippen LogP contribution is 2.19. The quantitative estimate of drug-likeness (QED) is 0.881. The Labute approximate surface area is 133 Å². The van der Waals surface area contributed by atoms with E-state index < -0.39 is 0 Å². The molecule has 0 saturated heterocycles. The fourth-order valence-corrected chi connectivity index (χ4v) is 2.58. The van der Waals surface area contributed by atoms with Gasteiger partial charge in [0.25, 0.3) is 5.91 Å². The minimum Gasteiger partial charge on any atom is -0.326 e. The summed E-state index contributed by atoms with van der Waals surface area (Å²) in [7, 11) is 0. The van der Waals surface area contributed by atoms with E-state index in [0.717, 1.165) is 10.5 Å². The van der Waals surface area contributed by atoms with Crippen molar-refractivity contribution in [1.82, 2.24) is 4.90 Å². The molecule has 0 atom stereocenters. The van der Waals surface area contributed by atoms with Crippen LogP contribution in [-0.4, -0.2) is 29.2 Å². The van der Waals surface area contributed by atoms with Crippen molar-refractivity contribution in [2.75, 3.05) is 11.9 Å². The van der Waals surface area contributed by atoms with Gasteiger partial charge in [0.05, 0.1) is 6.42 Å². The first-order valence-electron chi connectivity index (χ1n) is 7.42. The van der Waals surface area contributed by atoms with Crippen LogP contribution in [-0.2, 0) is 16.0 Å². The molecule has 0 unspecified atom stereocenters. The summed E-state index contributed by atoms with van der Waals surface area (Å²) >= 11 is 0. The number of nitrogens with zero attached hydrogens (tertiary/aromatic N) is 1. The molecule has 0 bridgehead atoms. The number of carbonyl (C=O) groups is 3. The zero-order chi connectivity index (χ0) is 16.2. The molecule has 2 aromatic rings. The molecule has 0 aromatic heterocycles. The summed E-state index contributed by atoms with van der Waals surface area (Å²) in [5.41, 5.74) is 1.97. The number of benzene rings is 2. The normalized spacial score (nSPS) is 13.7. The van der Waals surface area contributed by atoms with Gasteiger partial charge in [-0.2, -0.15) is 0 Å². The molecule has 0 saturated carbocycles. The molecule has 0 spiro atoms. The average Bonchev–Trinajstić information content (AvgIpc) is 2.55. The molecule has 0 radical (unpaired) electrons. The molecular weight excluding hydrogens is 292 g/mol. The largest absolute Gasteiger partial charge is 0.326 e. The Morgan fingerprint density at radius 1 is 1.00 bits per heavy atom. The van der Waals surface area contributed by atoms with Crippen molar-refractivity contribution in [2.45, 2.75) is 12.8 Å². The Kier molecular flexibility index (Phi) is 4.19. The minimum absolute atomic E-state index is 0.0779. The standard InChI is InChI=1S/C18H16N2O3/c21-16(19-14-7-2-1-3-8-14)10-11-20-17(22)12-13-6-4-5-9-15(13)18(20)23/h1-9H,10-12H2,(H,19,21). The Hall–Kier alpha value is -2.95. The summed E-state index contributed by atoms with van der Waals surface area (Å²) in [6, 6.07) is 16.1. The molecule has 3 amide bonds. The SMILES string of the molecule is O=C(CCN1C(=O)Cc2ccccc2C1=O)Nc1ccccc1. The van der Waals surface area contributed by atoms with Gasteiger partial charge in [-0.05, 0) is 23.8 Å². The van der Waals surface area contributed by atoms with Crippen molar-refractivity contribution in [2.24, 2.45) is 0 Å². The second-order valence-corrected chi connectivity index (χ2v) is 5.35. The molecule has 1 aliphatic rings. The van der Waals surface area contributed by atoms with E-state index in [1.165, 1.54) is 0 Å². The van der Waals surface area contributed by atoms with E-state index in [1.54, 1.807) is 30.3 Å². The Morgan fingerprint density at radius 2 is 1.70 bits per heavy atom. The number of hydrogen-bond donors (Lipinski definition) is 1. The molecular formula is C18H16N2O3. The fraction of sp³-hybridized carbons (Fsp3) is 0.167. The molecule has 116 valence electrons. The van der Waals surface area contributed by atoms with Gasteiger partial charge in [-0.3, -0.25) is 19.3 Å². The number of carbonyl (C=O) groups excluding carboxylic acids is 3. The summed E-state index contributed by atoms with van der Waals surface area (Å²) in [5, 5.41) is 2.74. The smallest absolute Gasteiger partial charge is 0.260 e. The number of imide groups is 1. The van der Waals surface area contributed by atoms with Gasteiger partial charge in [-0.15, -0.1) is 0 Å². The summed E-state index contributed by atoms with van der Waals surface area (Å²) < 4.78 is 0. The predicted octanol–water partition coefficient (Wildman–Crippen LogP) is 2.24. The van der Waals surface area contributed by atoms with Crippen LogP contribution in [0, 0.1) is 0 Å². The van der Waals surface area contributed by atoms with Crippen LogP contribution in [0.3, 0.4) is 0 Å². The van der Waals surface area contributed by atoms with Crippen molar-refractivity contribution >= 4 is 23.4 Å². The molecule has 5 nitrogen and oxygen atoms in total. The maximum absolute atomic E-state index is 12.4. The van der Waals surface area contributed by atoms with Crippen LogP contribution in [0.25, 0.3) is 0 Å². The molecule has 1 N–H and O–H groups in total. The second kappa shape index (κ2) is 6.44. The lowest BCUT2D eigenvalue weighted by Crippen LogP contribution is -2.43. The van der Waals surface area contributed by atoms with Gasteiger partial charge in [-0.1, -0.05) is 36.4 Å². The summed E-state index contributed by atoms with van der Waals surface area (Å²) in [5.74, 6) is -0.818. The second-order valence-electron chi connectivity index (χ2n) is 5.35. The zero-order valence-electron chi connectivity index (χ0n) is 12.5. The van der Waals surface area contributed by atoms with Crippen molar-refractivity contribution in [3.8, 4) is 0 Å². The summed E-state index contributed by atoms with van der Waals surface area (Å²) in [6.07, 6.45) is 0.275. The highest BCUT2D eigenvalue weighted by Gasteiger charge is 2.30. The first-order chi connectivity index (χ1) is 11.1. The van der Waals surface area contributed by atoms with Gasteiger partial charge in [0, 0.05) is 24.2 Å². The lowest BCUT2D eigenvalue weighted by Gasteiger charge is -2.26. The van der Waals surface area contributed by atoms with Crippen LogP contribution in [0.1, 0.15) is 22.3 Å². The fourth-order valence-electron chi connectivity index (χ4n) is 2.58. The van der Waals surface area contributed by atoms with Crippen molar-refractivity contribution in [3.63, 3.8) is 0 Å². The molecule has 5 heteroatoms. The molecule has 2 aromatic carbocycles. The number of nitrogens with one attached hydrogen (secondary N) is 1. The molecule has 0 fully saturated rings. The van der Waals surface area contributed by atoms with Crippen molar-refractivity contribution in [3.05, 3.63) is 65.7 Å². The number of para-hydroxylation sites is 1. The maximum Gasteiger partial charge on any atom is 0.260 e. The van der Waals surface area contributed by atoms with Gasteiger partial charge in [0.15, 0.2) is 0 Å². The van der Waals surface area contributed by atoms with E-state index in [2.05, 4.69) is 5.32 Å². The van der Waals surface area contributed by atoms with Crippen LogP contribution in [0.4, 0.5) is 5.69 Å². The van der Waals surface area contributed by atoms with E-state index in [0.29, 0.717) is 11.3 Å². The van der Waals surface area contributed by atoms with Gasteiger partial charge in [0.1, 0.15) is 0 Å². The highest BCUT2D eigenvalue weighted by molar-refractivity contribution is 6.10. The molecule has 3 rings (SSSR count). The van der Waals surface area contributed by atoms with E-state index >= 15 is 0 Å². The Bertz CT molecular complexity index is 756. The van der Waals surface area contributed by atoms with Crippen molar-refractivity contribution in [1.29, 1.82) is 0 Å². The van der Waals surface area contributed by atoms with Crippen LogP contribution in [0.15, 0.2) is 54.6 Å². The molecule has 23 heavy (non-hydrogen) atoms. The third-order valence-corrected chi connectivity index (χ3v) is 3.76. The van der Waals surface area contributed by atoms with Crippen LogP contribution >= 0.6 is 0 Å². The first kappa shape index (κ1) is 15.0. The van der Waals surface area contributed by atoms with Crippen LogP contribution in [0.2, 0.25) is 0 Å². The maximum atomic E-state index is 12.4. The van der Waals surface area contributed by atoms with E-state index in [9.17, 15) is 14.4 Å². The van der Waals surface area contributed by atoms with Gasteiger partial charge in [0.2, 0.25) is 11.8 Å². The number of amides is 3. The number of rotatable bonds is 4. The van der Waals surface area contributed by atoms with Crippen LogP contribution < -0.4 is 5.32 Å².